The molecule has 0 unspecified atom stereocenters. The van der Waals surface area contributed by atoms with E-state index in [-0.39, 0.29) is 19.9 Å². The Morgan fingerprint density at radius 1 is 0.900 bits per heavy atom. The molecule has 0 radical (unpaired) electrons. The summed E-state index contributed by atoms with van der Waals surface area (Å²) >= 11 is 0. The van der Waals surface area contributed by atoms with Crippen molar-refractivity contribution in [1.29, 1.82) is 0 Å². The number of fused-ring (bicyclic) bond motifs is 1. The molecule has 0 spiro atoms. The number of anilines is 1. The van der Waals surface area contributed by atoms with Gasteiger partial charge in [-0.15, -0.1) is 0 Å². The van der Waals surface area contributed by atoms with Gasteiger partial charge in [-0.3, -0.25) is 9.69 Å². The predicted molar refractivity (Wildman–Crippen MR) is 151 cm³/mol. The first-order chi connectivity index (χ1) is 19.6. The second kappa shape index (κ2) is 15.1. The number of hydrogen-bond donors (Lipinski definition) is 0. The topological polar surface area (TPSA) is 104 Å². The van der Waals surface area contributed by atoms with Gasteiger partial charge in [0.15, 0.2) is 17.3 Å². The van der Waals surface area contributed by atoms with E-state index in [1.807, 2.05) is 24.3 Å². The standard InChI is InChI=1S/C31H39N3O6/c1-3-5-6-7-8-9-10-11-12-16-28-32-29(40-33-28)24-15-13-14-23(19-24)21-34(30(35)31(36)37-4-2)25-17-18-26-27(20-25)39-22-38-26/h13-15,17-20H,3-12,16,21-22H2,1-2H3. The Labute approximate surface area is 235 Å². The molecule has 40 heavy (non-hydrogen) atoms. The Morgan fingerprint density at radius 3 is 2.42 bits per heavy atom. The van der Waals surface area contributed by atoms with Crippen molar-refractivity contribution in [2.24, 2.45) is 0 Å². The van der Waals surface area contributed by atoms with E-state index >= 15 is 0 Å². The predicted octanol–water partition coefficient (Wildman–Crippen LogP) is 6.63. The molecule has 9 nitrogen and oxygen atoms in total. The fraction of sp³-hybridized carbons (Fsp3) is 0.484. The maximum Gasteiger partial charge on any atom is 0.397 e. The second-order valence-electron chi connectivity index (χ2n) is 9.94. The number of benzene rings is 2. The van der Waals surface area contributed by atoms with Crippen molar-refractivity contribution < 1.29 is 28.3 Å². The zero-order chi connectivity index (χ0) is 28.2. The second-order valence-corrected chi connectivity index (χ2v) is 9.94. The fourth-order valence-corrected chi connectivity index (χ4v) is 4.69. The third-order valence-electron chi connectivity index (χ3n) is 6.85. The van der Waals surface area contributed by atoms with Gasteiger partial charge in [-0.2, -0.15) is 4.98 Å². The van der Waals surface area contributed by atoms with Gasteiger partial charge in [-0.25, -0.2) is 4.79 Å². The van der Waals surface area contributed by atoms with Crippen molar-refractivity contribution in [3.8, 4) is 23.0 Å². The van der Waals surface area contributed by atoms with Gasteiger partial charge in [0.1, 0.15) is 0 Å². The van der Waals surface area contributed by atoms with Gasteiger partial charge in [-0.1, -0.05) is 75.6 Å². The molecule has 1 aromatic heterocycles. The summed E-state index contributed by atoms with van der Waals surface area (Å²) in [6, 6.07) is 12.6. The number of nitrogens with zero attached hydrogens (tertiary/aromatic N) is 3. The van der Waals surface area contributed by atoms with Crippen LogP contribution in [0.25, 0.3) is 11.5 Å². The Balaban J connectivity index is 1.38. The smallest absolute Gasteiger partial charge is 0.397 e. The van der Waals surface area contributed by atoms with Gasteiger partial charge in [0.25, 0.3) is 5.89 Å². The van der Waals surface area contributed by atoms with Crippen molar-refractivity contribution in [1.82, 2.24) is 10.1 Å². The average molecular weight is 550 g/mol. The molecular weight excluding hydrogens is 510 g/mol. The number of carbonyl (C=O) groups excluding carboxylic acids is 2. The van der Waals surface area contributed by atoms with Crippen LogP contribution in [0.4, 0.5) is 5.69 Å². The van der Waals surface area contributed by atoms with E-state index in [2.05, 4.69) is 17.1 Å². The van der Waals surface area contributed by atoms with Gasteiger partial charge < -0.3 is 18.7 Å². The molecule has 0 N–H and O–H groups in total. The fourth-order valence-electron chi connectivity index (χ4n) is 4.69. The molecule has 0 fully saturated rings. The van der Waals surface area contributed by atoms with Crippen LogP contribution in [-0.2, 0) is 27.3 Å². The lowest BCUT2D eigenvalue weighted by Gasteiger charge is -2.22. The monoisotopic (exact) mass is 549 g/mol. The molecule has 0 saturated heterocycles. The first kappa shape index (κ1) is 29.1. The Bertz CT molecular complexity index is 1260. The molecule has 0 saturated carbocycles. The minimum Gasteiger partial charge on any atom is -0.459 e. The zero-order valence-corrected chi connectivity index (χ0v) is 23.5. The Morgan fingerprint density at radius 2 is 1.65 bits per heavy atom. The van der Waals surface area contributed by atoms with Crippen LogP contribution in [0.5, 0.6) is 11.5 Å². The summed E-state index contributed by atoms with van der Waals surface area (Å²) in [7, 11) is 0. The van der Waals surface area contributed by atoms with Crippen LogP contribution in [0.15, 0.2) is 47.0 Å². The normalized spacial score (nSPS) is 11.9. The van der Waals surface area contributed by atoms with E-state index in [0.29, 0.717) is 28.9 Å². The van der Waals surface area contributed by atoms with Crippen molar-refractivity contribution in [2.75, 3.05) is 18.3 Å². The molecule has 1 aliphatic rings. The highest BCUT2D eigenvalue weighted by Gasteiger charge is 2.27. The summed E-state index contributed by atoms with van der Waals surface area (Å²) in [6.45, 7) is 4.25. The lowest BCUT2D eigenvalue weighted by molar-refractivity contribution is -0.153. The van der Waals surface area contributed by atoms with Gasteiger partial charge in [0.05, 0.1) is 13.2 Å². The average Bonchev–Trinajstić information content (AvgIpc) is 3.64. The number of carbonyl (C=O) groups is 2. The molecule has 2 aromatic carbocycles. The Hall–Kier alpha value is -3.88. The van der Waals surface area contributed by atoms with Crippen LogP contribution >= 0.6 is 0 Å². The van der Waals surface area contributed by atoms with Crippen LogP contribution in [0.1, 0.15) is 83.0 Å². The highest BCUT2D eigenvalue weighted by Crippen LogP contribution is 2.36. The van der Waals surface area contributed by atoms with Crippen molar-refractivity contribution >= 4 is 17.6 Å². The summed E-state index contributed by atoms with van der Waals surface area (Å²) in [5, 5.41) is 4.17. The summed E-state index contributed by atoms with van der Waals surface area (Å²) in [5.41, 5.74) is 2.03. The SMILES string of the molecule is CCCCCCCCCCCc1noc(-c2cccc(CN(C(=O)C(=O)OCC)c3ccc4c(c3)OCO4)c2)n1. The molecular formula is C31H39N3O6. The van der Waals surface area contributed by atoms with Crippen LogP contribution in [-0.4, -0.2) is 35.4 Å². The minimum absolute atomic E-state index is 0.105. The number of aryl methyl sites for hydroxylation is 1. The number of aromatic nitrogens is 2. The molecule has 3 aromatic rings. The zero-order valence-electron chi connectivity index (χ0n) is 23.5. The van der Waals surface area contributed by atoms with Gasteiger partial charge in [-0.05, 0) is 43.2 Å². The van der Waals surface area contributed by atoms with Crippen molar-refractivity contribution in [3.05, 3.63) is 53.9 Å². The highest BCUT2D eigenvalue weighted by atomic mass is 16.7. The maximum atomic E-state index is 13.1. The van der Waals surface area contributed by atoms with Gasteiger partial charge in [0, 0.05) is 23.7 Å². The lowest BCUT2D eigenvalue weighted by Crippen LogP contribution is -2.37. The molecule has 9 heteroatoms. The summed E-state index contributed by atoms with van der Waals surface area (Å²) in [5.74, 6) is 0.533. The van der Waals surface area contributed by atoms with Crippen molar-refractivity contribution in [2.45, 2.75) is 84.6 Å². The minimum atomic E-state index is -0.922. The van der Waals surface area contributed by atoms with Gasteiger partial charge >= 0.3 is 11.9 Å². The molecule has 2 heterocycles. The number of unbranched alkanes of at least 4 members (excludes halogenated alkanes) is 8. The van der Waals surface area contributed by atoms with Crippen molar-refractivity contribution in [3.63, 3.8) is 0 Å². The number of amides is 1. The first-order valence-corrected chi connectivity index (χ1v) is 14.4. The number of ether oxygens (including phenoxy) is 3. The maximum absolute atomic E-state index is 13.1. The molecule has 4 rings (SSSR count). The van der Waals surface area contributed by atoms with Crippen LogP contribution < -0.4 is 14.4 Å². The van der Waals surface area contributed by atoms with Gasteiger partial charge in [0.2, 0.25) is 6.79 Å². The molecule has 1 amide bonds. The van der Waals surface area contributed by atoms with Crippen LogP contribution in [0.2, 0.25) is 0 Å². The van der Waals surface area contributed by atoms with E-state index in [1.54, 1.807) is 25.1 Å². The van der Waals surface area contributed by atoms with E-state index in [9.17, 15) is 9.59 Å². The van der Waals surface area contributed by atoms with E-state index in [0.717, 1.165) is 30.4 Å². The third kappa shape index (κ3) is 8.07. The number of hydrogen-bond acceptors (Lipinski definition) is 8. The number of rotatable bonds is 15. The summed E-state index contributed by atoms with van der Waals surface area (Å²) < 4.78 is 21.4. The largest absolute Gasteiger partial charge is 0.459 e. The molecule has 214 valence electrons. The van der Waals surface area contributed by atoms with Crippen LogP contribution in [0, 0.1) is 0 Å². The summed E-state index contributed by atoms with van der Waals surface area (Å²) in [6.07, 6.45) is 12.1. The first-order valence-electron chi connectivity index (χ1n) is 14.4. The highest BCUT2D eigenvalue weighted by molar-refractivity contribution is 6.38. The molecule has 0 bridgehead atoms. The van der Waals surface area contributed by atoms with E-state index in [1.165, 1.54) is 49.8 Å². The molecule has 0 atom stereocenters. The van der Waals surface area contributed by atoms with Crippen LogP contribution in [0.3, 0.4) is 0 Å². The lowest BCUT2D eigenvalue weighted by atomic mass is 10.1. The summed E-state index contributed by atoms with van der Waals surface area (Å²) in [4.78, 5) is 31.4. The molecule has 1 aliphatic heterocycles. The van der Waals surface area contributed by atoms with E-state index < -0.39 is 11.9 Å². The Kier molecular flexibility index (Phi) is 11.0. The molecule has 0 aliphatic carbocycles. The quantitative estimate of drug-likeness (QED) is 0.118. The third-order valence-corrected chi connectivity index (χ3v) is 6.85. The van der Waals surface area contributed by atoms with E-state index in [4.69, 9.17) is 18.7 Å². The number of esters is 1.